The summed E-state index contributed by atoms with van der Waals surface area (Å²) < 4.78 is 14.3. The van der Waals surface area contributed by atoms with Crippen molar-refractivity contribution in [3.63, 3.8) is 0 Å². The van der Waals surface area contributed by atoms with Crippen LogP contribution in [0.4, 0.5) is 5.82 Å². The second-order valence-electron chi connectivity index (χ2n) is 11.9. The van der Waals surface area contributed by atoms with Gasteiger partial charge in [-0.3, -0.25) is 9.69 Å². The fourth-order valence-corrected chi connectivity index (χ4v) is 6.14. The van der Waals surface area contributed by atoms with Gasteiger partial charge in [-0.2, -0.15) is 10.4 Å². The number of halogens is 2. The Kier molecular flexibility index (Phi) is 8.74. The number of fused-ring (bicyclic) bond motifs is 1. The van der Waals surface area contributed by atoms with Crippen molar-refractivity contribution in [2.45, 2.75) is 51.1 Å². The molecule has 5 rings (SSSR count). The molecular formula is C29H32Cl2N8O3Si. The first kappa shape index (κ1) is 30.8. The Morgan fingerprint density at radius 3 is 2.60 bits per heavy atom. The quantitative estimate of drug-likeness (QED) is 0.237. The second kappa shape index (κ2) is 12.2. The zero-order chi connectivity index (χ0) is 30.9. The molecule has 0 saturated carbocycles. The number of rotatable bonds is 9. The van der Waals surface area contributed by atoms with Gasteiger partial charge in [0.05, 0.1) is 27.9 Å². The minimum atomic E-state index is -1.92. The van der Waals surface area contributed by atoms with Gasteiger partial charge in [-0.05, 0) is 42.4 Å². The number of likely N-dealkylation sites (tertiary alicyclic amines) is 1. The van der Waals surface area contributed by atoms with E-state index in [2.05, 4.69) is 70.2 Å². The number of carbonyl (C=O) groups excluding carboxylic acids is 1. The normalized spacial score (nSPS) is 15.1. The number of benzene rings is 1. The molecular weight excluding hydrogens is 607 g/mol. The summed E-state index contributed by atoms with van der Waals surface area (Å²) in [5.74, 6) is 0.107. The number of nitriles is 1. The maximum Gasteiger partial charge on any atom is 0.268 e. The lowest BCUT2D eigenvalue weighted by Gasteiger charge is -2.46. The van der Waals surface area contributed by atoms with E-state index in [0.29, 0.717) is 57.8 Å². The van der Waals surface area contributed by atoms with Crippen LogP contribution in [0.5, 0.6) is 5.88 Å². The van der Waals surface area contributed by atoms with Crippen molar-refractivity contribution in [3.8, 4) is 17.6 Å². The Hall–Kier alpha value is -3.60. The van der Waals surface area contributed by atoms with E-state index in [1.807, 2.05) is 0 Å². The second-order valence-corrected chi connectivity index (χ2v) is 17.5. The lowest BCUT2D eigenvalue weighted by Crippen LogP contribution is -2.60. The van der Waals surface area contributed by atoms with Crippen molar-refractivity contribution in [1.29, 1.82) is 5.26 Å². The first-order valence-corrected chi connectivity index (χ1v) is 17.4. The molecule has 224 valence electrons. The number of hydrogen-bond donors (Lipinski definition) is 1. The third-order valence-corrected chi connectivity index (χ3v) is 12.9. The van der Waals surface area contributed by atoms with E-state index < -0.39 is 20.3 Å². The SMILES string of the molecule is CC(C)(C)[Si](C)(C)OC1CN(CC(Oc2ncnc3c2cnn3-c2c(Cl)cccc2C#N)C(=O)Nc2ccc(Cl)cn2)C1. The van der Waals surface area contributed by atoms with E-state index >= 15 is 0 Å². The predicted octanol–water partition coefficient (Wildman–Crippen LogP) is 5.48. The third-order valence-electron chi connectivity index (χ3n) is 7.79. The number of nitrogens with zero attached hydrogens (tertiary/aromatic N) is 7. The van der Waals surface area contributed by atoms with E-state index in [1.54, 1.807) is 30.3 Å². The first-order valence-electron chi connectivity index (χ1n) is 13.7. The number of para-hydroxylation sites is 1. The number of pyridine rings is 1. The highest BCUT2D eigenvalue weighted by atomic mass is 35.5. The first-order chi connectivity index (χ1) is 20.4. The largest absolute Gasteiger partial charge is 0.462 e. The average molecular weight is 640 g/mol. The molecule has 0 bridgehead atoms. The Bertz CT molecular complexity index is 1680. The van der Waals surface area contributed by atoms with Crippen molar-refractivity contribution in [3.05, 3.63) is 64.7 Å². The number of nitrogens with one attached hydrogen (secondary N) is 1. The number of aromatic nitrogens is 5. The molecule has 0 radical (unpaired) electrons. The molecule has 1 N–H and O–H groups in total. The van der Waals surface area contributed by atoms with Gasteiger partial charge in [0.25, 0.3) is 5.91 Å². The van der Waals surface area contributed by atoms with Gasteiger partial charge in [0, 0.05) is 25.8 Å². The molecule has 11 nitrogen and oxygen atoms in total. The summed E-state index contributed by atoms with van der Waals surface area (Å²) in [6.45, 7) is 12.8. The molecule has 4 heterocycles. The lowest BCUT2D eigenvalue weighted by molar-refractivity contribution is -0.125. The van der Waals surface area contributed by atoms with Crippen molar-refractivity contribution >= 4 is 54.3 Å². The average Bonchev–Trinajstić information content (AvgIpc) is 3.36. The van der Waals surface area contributed by atoms with Gasteiger partial charge in [-0.15, -0.1) is 0 Å². The monoisotopic (exact) mass is 638 g/mol. The van der Waals surface area contributed by atoms with Gasteiger partial charge in [-0.1, -0.05) is 50.0 Å². The summed E-state index contributed by atoms with van der Waals surface area (Å²) in [6, 6.07) is 10.4. The van der Waals surface area contributed by atoms with Crippen LogP contribution in [0.15, 0.2) is 49.1 Å². The Morgan fingerprint density at radius 1 is 1.16 bits per heavy atom. The summed E-state index contributed by atoms with van der Waals surface area (Å²) in [6.07, 6.45) is 3.44. The smallest absolute Gasteiger partial charge is 0.268 e. The van der Waals surface area contributed by atoms with Crippen LogP contribution < -0.4 is 10.1 Å². The van der Waals surface area contributed by atoms with Crippen LogP contribution >= 0.6 is 23.2 Å². The highest BCUT2D eigenvalue weighted by Gasteiger charge is 2.42. The molecule has 1 amide bonds. The van der Waals surface area contributed by atoms with E-state index in [0.717, 1.165) is 0 Å². The Labute approximate surface area is 260 Å². The summed E-state index contributed by atoms with van der Waals surface area (Å²) in [4.78, 5) is 28.5. The summed E-state index contributed by atoms with van der Waals surface area (Å²) in [5.41, 5.74) is 1.10. The maximum absolute atomic E-state index is 13.5. The van der Waals surface area contributed by atoms with Crippen LogP contribution in [-0.4, -0.2) is 75.7 Å². The minimum Gasteiger partial charge on any atom is -0.462 e. The number of amides is 1. The molecule has 1 atom stereocenters. The van der Waals surface area contributed by atoms with Crippen LogP contribution in [0.1, 0.15) is 26.3 Å². The third kappa shape index (κ3) is 6.66. The molecule has 1 aliphatic rings. The van der Waals surface area contributed by atoms with Crippen molar-refractivity contribution in [1.82, 2.24) is 29.6 Å². The van der Waals surface area contributed by atoms with Gasteiger partial charge < -0.3 is 14.5 Å². The molecule has 0 aliphatic carbocycles. The maximum atomic E-state index is 13.5. The molecule has 43 heavy (non-hydrogen) atoms. The van der Waals surface area contributed by atoms with Gasteiger partial charge >= 0.3 is 0 Å². The molecule has 1 aliphatic heterocycles. The number of anilines is 1. The molecule has 1 aromatic carbocycles. The lowest BCUT2D eigenvalue weighted by atomic mass is 10.1. The zero-order valence-corrected chi connectivity index (χ0v) is 27.0. The van der Waals surface area contributed by atoms with Crippen LogP contribution in [0.2, 0.25) is 28.2 Å². The molecule has 14 heteroatoms. The molecule has 1 fully saturated rings. The van der Waals surface area contributed by atoms with Crippen LogP contribution in [0.25, 0.3) is 16.7 Å². The van der Waals surface area contributed by atoms with Gasteiger partial charge in [-0.25, -0.2) is 19.6 Å². The van der Waals surface area contributed by atoms with E-state index in [-0.39, 0.29) is 17.0 Å². The van der Waals surface area contributed by atoms with Crippen molar-refractivity contribution in [2.24, 2.45) is 0 Å². The van der Waals surface area contributed by atoms with Crippen LogP contribution in [-0.2, 0) is 9.22 Å². The fraction of sp³-hybridized carbons (Fsp3) is 0.379. The fourth-order valence-electron chi connectivity index (χ4n) is 4.44. The summed E-state index contributed by atoms with van der Waals surface area (Å²) in [7, 11) is -1.92. The standard InChI is InChI=1S/C29H32Cl2N8O3Si/c1-29(2,3)43(4,5)42-20-14-38(15-20)16-23(27(40)37-24-10-9-19(30)12-33-24)41-28-21-13-36-39(26(21)34-17-35-28)25-18(11-32)7-6-8-22(25)31/h6-10,12-13,17,20,23H,14-16H2,1-5H3,(H,33,37,40). The zero-order valence-electron chi connectivity index (χ0n) is 24.5. The number of carbonyl (C=O) groups is 1. The van der Waals surface area contributed by atoms with Crippen molar-refractivity contribution < 1.29 is 14.0 Å². The highest BCUT2D eigenvalue weighted by molar-refractivity contribution is 6.74. The van der Waals surface area contributed by atoms with Crippen molar-refractivity contribution in [2.75, 3.05) is 25.0 Å². The van der Waals surface area contributed by atoms with Crippen LogP contribution in [0.3, 0.4) is 0 Å². The number of hydrogen-bond acceptors (Lipinski definition) is 9. The predicted molar refractivity (Wildman–Crippen MR) is 167 cm³/mol. The molecule has 1 saturated heterocycles. The highest BCUT2D eigenvalue weighted by Crippen LogP contribution is 2.38. The molecule has 1 unspecified atom stereocenters. The van der Waals surface area contributed by atoms with Gasteiger partial charge in [0.2, 0.25) is 5.88 Å². The van der Waals surface area contributed by atoms with E-state index in [4.69, 9.17) is 32.4 Å². The summed E-state index contributed by atoms with van der Waals surface area (Å²) in [5, 5.41) is 18.2. The molecule has 0 spiro atoms. The van der Waals surface area contributed by atoms with Gasteiger partial charge in [0.1, 0.15) is 29.3 Å². The van der Waals surface area contributed by atoms with Crippen LogP contribution in [0, 0.1) is 11.3 Å². The topological polar surface area (TPSA) is 131 Å². The Morgan fingerprint density at radius 2 is 1.93 bits per heavy atom. The minimum absolute atomic E-state index is 0.0940. The molecule has 4 aromatic rings. The summed E-state index contributed by atoms with van der Waals surface area (Å²) >= 11 is 12.4. The van der Waals surface area contributed by atoms with E-state index in [9.17, 15) is 10.1 Å². The molecule has 3 aromatic heterocycles. The Balaban J connectivity index is 1.39. The van der Waals surface area contributed by atoms with Gasteiger partial charge in [0.15, 0.2) is 20.1 Å². The number of ether oxygens (including phenoxy) is 1. The van der Waals surface area contributed by atoms with E-state index in [1.165, 1.54) is 23.4 Å².